The quantitative estimate of drug-likeness (QED) is 0.443. The molecule has 3 aromatic carbocycles. The minimum absolute atomic E-state index is 0.274. The molecule has 35 heavy (non-hydrogen) atoms. The molecule has 0 heterocycles. The fourth-order valence-electron chi connectivity index (χ4n) is 3.65. The Hall–Kier alpha value is -4.00. The summed E-state index contributed by atoms with van der Waals surface area (Å²) < 4.78 is 16.4. The molecule has 0 spiro atoms. The molecule has 0 aliphatic carbocycles. The Morgan fingerprint density at radius 1 is 0.886 bits per heavy atom. The lowest BCUT2D eigenvalue weighted by Gasteiger charge is -2.18. The van der Waals surface area contributed by atoms with Gasteiger partial charge in [0.15, 0.2) is 17.6 Å². The van der Waals surface area contributed by atoms with Crippen LogP contribution in [0.4, 0.5) is 5.69 Å². The molecule has 3 rings (SSSR count). The standard InChI is InChI=1S/C28H32N2O5/c1-18-10-12-24(19(2)16-18)35-20(3)27(31)30-23-9-7-6-8-22(23)28(32)29-15-14-21-11-13-25(33-4)26(17-21)34-5/h6-13,16-17,20H,14-15H2,1-5H3,(H,29,32)(H,30,31)/t20-/m1/s1. The minimum atomic E-state index is -0.738. The maximum absolute atomic E-state index is 12.9. The van der Waals surface area contributed by atoms with Gasteiger partial charge in [0.25, 0.3) is 11.8 Å². The smallest absolute Gasteiger partial charge is 0.265 e. The van der Waals surface area contributed by atoms with E-state index in [1.807, 2.05) is 50.2 Å². The van der Waals surface area contributed by atoms with Crippen LogP contribution in [0.5, 0.6) is 17.2 Å². The lowest BCUT2D eigenvalue weighted by molar-refractivity contribution is -0.122. The third kappa shape index (κ3) is 6.76. The summed E-state index contributed by atoms with van der Waals surface area (Å²) in [6, 6.07) is 18.4. The van der Waals surface area contributed by atoms with Gasteiger partial charge in [0.2, 0.25) is 0 Å². The number of hydrogen-bond acceptors (Lipinski definition) is 5. The maximum Gasteiger partial charge on any atom is 0.265 e. The van der Waals surface area contributed by atoms with E-state index >= 15 is 0 Å². The van der Waals surface area contributed by atoms with Crippen molar-refractivity contribution < 1.29 is 23.8 Å². The van der Waals surface area contributed by atoms with Crippen LogP contribution >= 0.6 is 0 Å². The van der Waals surface area contributed by atoms with Crippen LogP contribution in [0.2, 0.25) is 0 Å². The number of rotatable bonds is 10. The molecule has 7 heteroatoms. The Balaban J connectivity index is 1.60. The summed E-state index contributed by atoms with van der Waals surface area (Å²) in [5.41, 5.74) is 3.89. The molecule has 0 radical (unpaired) electrons. The Kier molecular flexibility index (Phi) is 8.73. The van der Waals surface area contributed by atoms with E-state index in [1.165, 1.54) is 0 Å². The van der Waals surface area contributed by atoms with E-state index in [1.54, 1.807) is 45.4 Å². The Labute approximate surface area is 206 Å². The molecular formula is C28H32N2O5. The summed E-state index contributed by atoms with van der Waals surface area (Å²) in [7, 11) is 3.17. The molecule has 2 N–H and O–H groups in total. The Bertz CT molecular complexity index is 1190. The fourth-order valence-corrected chi connectivity index (χ4v) is 3.65. The highest BCUT2D eigenvalue weighted by Crippen LogP contribution is 2.27. The number of benzene rings is 3. The summed E-state index contributed by atoms with van der Waals surface area (Å²) in [5.74, 6) is 1.33. The number of carbonyl (C=O) groups is 2. The van der Waals surface area contributed by atoms with Crippen molar-refractivity contribution in [2.75, 3.05) is 26.1 Å². The minimum Gasteiger partial charge on any atom is -0.493 e. The van der Waals surface area contributed by atoms with E-state index in [0.29, 0.717) is 41.5 Å². The van der Waals surface area contributed by atoms with E-state index in [0.717, 1.165) is 16.7 Å². The zero-order valence-corrected chi connectivity index (χ0v) is 20.8. The summed E-state index contributed by atoms with van der Waals surface area (Å²) in [6.45, 7) is 6.04. The molecule has 0 aliphatic rings. The second kappa shape index (κ2) is 11.9. The highest BCUT2D eigenvalue weighted by Gasteiger charge is 2.19. The van der Waals surface area contributed by atoms with Gasteiger partial charge < -0.3 is 24.8 Å². The van der Waals surface area contributed by atoms with Crippen LogP contribution in [-0.4, -0.2) is 38.7 Å². The van der Waals surface area contributed by atoms with Crippen LogP contribution in [-0.2, 0) is 11.2 Å². The molecule has 184 valence electrons. The van der Waals surface area contributed by atoms with Crippen molar-refractivity contribution in [2.45, 2.75) is 33.3 Å². The second-order valence-corrected chi connectivity index (χ2v) is 8.26. The van der Waals surface area contributed by atoms with Gasteiger partial charge in [-0.05, 0) is 68.7 Å². The molecule has 2 amide bonds. The first-order valence-electron chi connectivity index (χ1n) is 11.4. The highest BCUT2D eigenvalue weighted by molar-refractivity contribution is 6.04. The van der Waals surface area contributed by atoms with Gasteiger partial charge in [0.05, 0.1) is 25.5 Å². The van der Waals surface area contributed by atoms with Crippen LogP contribution in [0.3, 0.4) is 0 Å². The van der Waals surface area contributed by atoms with E-state index in [9.17, 15) is 9.59 Å². The maximum atomic E-state index is 12.9. The van der Waals surface area contributed by atoms with Crippen LogP contribution in [0.25, 0.3) is 0 Å². The average molecular weight is 477 g/mol. The molecular weight excluding hydrogens is 444 g/mol. The van der Waals surface area contributed by atoms with Crippen molar-refractivity contribution in [3.05, 3.63) is 82.9 Å². The highest BCUT2D eigenvalue weighted by atomic mass is 16.5. The predicted molar refractivity (Wildman–Crippen MR) is 137 cm³/mol. The average Bonchev–Trinajstić information content (AvgIpc) is 2.85. The Morgan fingerprint density at radius 3 is 2.31 bits per heavy atom. The Morgan fingerprint density at radius 2 is 1.60 bits per heavy atom. The van der Waals surface area contributed by atoms with Crippen molar-refractivity contribution in [2.24, 2.45) is 0 Å². The molecule has 7 nitrogen and oxygen atoms in total. The van der Waals surface area contributed by atoms with E-state index in [-0.39, 0.29) is 11.8 Å². The van der Waals surface area contributed by atoms with Gasteiger partial charge in [-0.25, -0.2) is 0 Å². The summed E-state index contributed by atoms with van der Waals surface area (Å²) in [6.07, 6.45) is -0.126. The van der Waals surface area contributed by atoms with Crippen LogP contribution in [0.15, 0.2) is 60.7 Å². The molecule has 0 saturated heterocycles. The molecule has 1 atom stereocenters. The number of amides is 2. The third-order valence-corrected chi connectivity index (χ3v) is 5.58. The predicted octanol–water partition coefficient (Wildman–Crippen LogP) is 4.70. The molecule has 0 bridgehead atoms. The van der Waals surface area contributed by atoms with Gasteiger partial charge in [0.1, 0.15) is 5.75 Å². The monoisotopic (exact) mass is 476 g/mol. The van der Waals surface area contributed by atoms with Crippen molar-refractivity contribution in [3.63, 3.8) is 0 Å². The molecule has 0 unspecified atom stereocenters. The number of anilines is 1. The topological polar surface area (TPSA) is 85.9 Å². The third-order valence-electron chi connectivity index (χ3n) is 5.58. The van der Waals surface area contributed by atoms with Crippen molar-refractivity contribution in [1.29, 1.82) is 0 Å². The van der Waals surface area contributed by atoms with Gasteiger partial charge in [-0.1, -0.05) is 35.9 Å². The first-order chi connectivity index (χ1) is 16.8. The number of nitrogens with one attached hydrogen (secondary N) is 2. The number of carbonyl (C=O) groups excluding carboxylic acids is 2. The lowest BCUT2D eigenvalue weighted by Crippen LogP contribution is -2.32. The number of aryl methyl sites for hydroxylation is 2. The zero-order valence-electron chi connectivity index (χ0n) is 20.8. The van der Waals surface area contributed by atoms with Gasteiger partial charge in [0, 0.05) is 6.54 Å². The van der Waals surface area contributed by atoms with Crippen LogP contribution in [0, 0.1) is 13.8 Å². The number of ether oxygens (including phenoxy) is 3. The first-order valence-corrected chi connectivity index (χ1v) is 11.4. The number of methoxy groups -OCH3 is 2. The van der Waals surface area contributed by atoms with E-state index in [2.05, 4.69) is 10.6 Å². The van der Waals surface area contributed by atoms with Crippen molar-refractivity contribution in [1.82, 2.24) is 5.32 Å². The van der Waals surface area contributed by atoms with Gasteiger partial charge in [-0.3, -0.25) is 9.59 Å². The molecule has 0 aromatic heterocycles. The molecule has 0 saturated carbocycles. The molecule has 3 aromatic rings. The fraction of sp³-hybridized carbons (Fsp3) is 0.286. The summed E-state index contributed by atoms with van der Waals surface area (Å²) in [5, 5.41) is 5.74. The largest absolute Gasteiger partial charge is 0.493 e. The van der Waals surface area contributed by atoms with E-state index < -0.39 is 6.10 Å². The van der Waals surface area contributed by atoms with Gasteiger partial charge in [-0.15, -0.1) is 0 Å². The summed E-state index contributed by atoms with van der Waals surface area (Å²) >= 11 is 0. The zero-order chi connectivity index (χ0) is 25.4. The molecule has 0 fully saturated rings. The van der Waals surface area contributed by atoms with Crippen LogP contribution in [0.1, 0.15) is 34.0 Å². The number of hydrogen-bond donors (Lipinski definition) is 2. The van der Waals surface area contributed by atoms with Crippen LogP contribution < -0.4 is 24.8 Å². The van der Waals surface area contributed by atoms with Crippen molar-refractivity contribution >= 4 is 17.5 Å². The van der Waals surface area contributed by atoms with Gasteiger partial charge >= 0.3 is 0 Å². The first kappa shape index (κ1) is 25.6. The lowest BCUT2D eigenvalue weighted by atomic mass is 10.1. The molecule has 0 aliphatic heterocycles. The number of para-hydroxylation sites is 1. The van der Waals surface area contributed by atoms with Gasteiger partial charge in [-0.2, -0.15) is 0 Å². The summed E-state index contributed by atoms with van der Waals surface area (Å²) in [4.78, 5) is 25.7. The van der Waals surface area contributed by atoms with Crippen molar-refractivity contribution in [3.8, 4) is 17.2 Å². The normalized spacial score (nSPS) is 11.3. The van der Waals surface area contributed by atoms with E-state index in [4.69, 9.17) is 14.2 Å². The SMILES string of the molecule is COc1ccc(CCNC(=O)c2ccccc2NC(=O)[C@@H](C)Oc2ccc(C)cc2C)cc1OC. The second-order valence-electron chi connectivity index (χ2n) is 8.26.